The first-order chi connectivity index (χ1) is 20.1. The van der Waals surface area contributed by atoms with Crippen LogP contribution in [0.4, 0.5) is 18.9 Å². The van der Waals surface area contributed by atoms with E-state index in [2.05, 4.69) is 30.6 Å². The van der Waals surface area contributed by atoms with Crippen LogP contribution in [-0.2, 0) is 37.0 Å². The Morgan fingerprint density at radius 1 is 1.12 bits per heavy atom. The Hall–Kier alpha value is -4.79. The van der Waals surface area contributed by atoms with Gasteiger partial charge in [0.2, 0.25) is 5.82 Å². The van der Waals surface area contributed by atoms with Crippen LogP contribution in [0.5, 0.6) is 5.75 Å². The Morgan fingerprint density at radius 3 is 2.71 bits per heavy atom. The molecule has 2 amide bonds. The lowest BCUT2D eigenvalue weighted by Gasteiger charge is -2.27. The van der Waals surface area contributed by atoms with Gasteiger partial charge in [-0.05, 0) is 23.3 Å². The minimum Gasteiger partial charge on any atom is -0.489 e. The number of halogens is 3. The number of anilines is 1. The lowest BCUT2D eigenvalue weighted by atomic mass is 10.1. The number of H-pyrrole nitrogens is 1. The number of ether oxygens (including phenoxy) is 1. The number of nitrogens with one attached hydrogen (secondary N) is 2. The molecule has 0 radical (unpaired) electrons. The highest BCUT2D eigenvalue weighted by Gasteiger charge is 2.38. The van der Waals surface area contributed by atoms with E-state index < -0.39 is 23.9 Å². The molecule has 6 rings (SSSR count). The molecule has 2 aliphatic heterocycles. The summed E-state index contributed by atoms with van der Waals surface area (Å²) < 4.78 is 46.2. The fraction of sp³-hybridized carbons (Fsp3) is 0.333. The summed E-state index contributed by atoms with van der Waals surface area (Å²) in [4.78, 5) is 37.5. The number of nitrogens with zero attached hydrogens (tertiary/aromatic N) is 7. The molecule has 0 saturated heterocycles. The summed E-state index contributed by atoms with van der Waals surface area (Å²) in [5, 5.41) is 13.0. The van der Waals surface area contributed by atoms with Crippen molar-refractivity contribution in [3.05, 3.63) is 83.0 Å². The molecule has 1 atom stereocenters. The number of alkyl halides is 3. The summed E-state index contributed by atoms with van der Waals surface area (Å²) in [6, 6.07) is 14.0. The van der Waals surface area contributed by atoms with Gasteiger partial charge in [-0.15, -0.1) is 10.2 Å². The van der Waals surface area contributed by atoms with Gasteiger partial charge in [0.25, 0.3) is 17.6 Å². The molecule has 0 bridgehead atoms. The quantitative estimate of drug-likeness (QED) is 0.354. The normalized spacial score (nSPS) is 17.3. The van der Waals surface area contributed by atoms with Crippen molar-refractivity contribution in [3.63, 3.8) is 0 Å². The SMILES string of the molecule is CN1C(=O)[C@H](NC(=O)c2n[nH]c(Cc3ccccc3)n2)COc2ccc(CN3CCn4nc(C(F)(F)F)nc4C3)cc21. The Balaban J connectivity index is 1.10. The minimum atomic E-state index is -4.60. The molecule has 2 N–H and O–H groups in total. The molecular formula is C27H26F3N9O3. The first-order valence-electron chi connectivity index (χ1n) is 13.2. The van der Waals surface area contributed by atoms with Crippen molar-refractivity contribution in [2.45, 2.75) is 38.3 Å². The third-order valence-corrected chi connectivity index (χ3v) is 7.07. The van der Waals surface area contributed by atoms with Gasteiger partial charge in [-0.25, -0.2) is 14.6 Å². The van der Waals surface area contributed by atoms with Crippen LogP contribution in [0.25, 0.3) is 0 Å². The molecule has 2 aliphatic rings. The maximum Gasteiger partial charge on any atom is 0.453 e. The lowest BCUT2D eigenvalue weighted by Crippen LogP contribution is -2.49. The van der Waals surface area contributed by atoms with E-state index >= 15 is 0 Å². The fourth-order valence-corrected chi connectivity index (χ4v) is 4.93. The molecule has 0 spiro atoms. The van der Waals surface area contributed by atoms with Crippen molar-refractivity contribution in [3.8, 4) is 5.75 Å². The molecular weight excluding hydrogens is 555 g/mol. The molecule has 4 aromatic rings. The van der Waals surface area contributed by atoms with Gasteiger partial charge < -0.3 is 15.0 Å². The topological polar surface area (TPSA) is 134 Å². The number of amides is 2. The van der Waals surface area contributed by atoms with Crippen molar-refractivity contribution in [2.75, 3.05) is 25.1 Å². The maximum atomic E-state index is 13.3. The Labute approximate surface area is 237 Å². The van der Waals surface area contributed by atoms with Crippen LogP contribution < -0.4 is 15.0 Å². The van der Waals surface area contributed by atoms with E-state index in [-0.39, 0.29) is 37.3 Å². The number of aromatic amines is 1. The zero-order valence-corrected chi connectivity index (χ0v) is 22.4. The van der Waals surface area contributed by atoms with Crippen molar-refractivity contribution in [1.82, 2.24) is 40.2 Å². The summed E-state index contributed by atoms with van der Waals surface area (Å²) in [5.74, 6) is -0.997. The first kappa shape index (κ1) is 27.4. The molecule has 218 valence electrons. The summed E-state index contributed by atoms with van der Waals surface area (Å²) >= 11 is 0. The molecule has 42 heavy (non-hydrogen) atoms. The average molecular weight is 582 g/mol. The van der Waals surface area contributed by atoms with E-state index in [4.69, 9.17) is 4.74 Å². The van der Waals surface area contributed by atoms with Crippen molar-refractivity contribution in [2.24, 2.45) is 0 Å². The largest absolute Gasteiger partial charge is 0.489 e. The summed E-state index contributed by atoms with van der Waals surface area (Å²) in [7, 11) is 1.59. The minimum absolute atomic E-state index is 0.0832. The number of benzene rings is 2. The number of fused-ring (bicyclic) bond motifs is 2. The van der Waals surface area contributed by atoms with Gasteiger partial charge in [0, 0.05) is 26.6 Å². The van der Waals surface area contributed by atoms with E-state index in [1.54, 1.807) is 19.2 Å². The lowest BCUT2D eigenvalue weighted by molar-refractivity contribution is -0.145. The highest BCUT2D eigenvalue weighted by molar-refractivity contribution is 6.02. The standard InChI is InChI=1S/C27H26F3N9O3/c1-37-19-11-17(13-38-9-10-39-22(14-38)33-26(36-39)27(28,29)30)7-8-20(19)42-15-18(25(37)41)31-24(40)23-32-21(34-35-23)12-16-5-3-2-4-6-16/h2-8,11,18H,9-10,12-15H2,1H3,(H,31,40)(H,32,34,35)/t18-/m1/s1. The van der Waals surface area contributed by atoms with Crippen molar-refractivity contribution < 1.29 is 27.5 Å². The van der Waals surface area contributed by atoms with Crippen molar-refractivity contribution >= 4 is 17.5 Å². The Bertz CT molecular complexity index is 1620. The third kappa shape index (κ3) is 5.68. The summed E-state index contributed by atoms with van der Waals surface area (Å²) in [6.45, 7) is 1.29. The average Bonchev–Trinajstić information content (AvgIpc) is 3.60. The number of rotatable bonds is 6. The number of hydrogen-bond donors (Lipinski definition) is 2. The van der Waals surface area contributed by atoms with E-state index in [1.807, 2.05) is 41.3 Å². The molecule has 0 saturated carbocycles. The molecule has 12 nitrogen and oxygen atoms in total. The van der Waals surface area contributed by atoms with Crippen LogP contribution in [0.15, 0.2) is 48.5 Å². The van der Waals surface area contributed by atoms with Gasteiger partial charge in [0.05, 0.1) is 18.8 Å². The second-order valence-electron chi connectivity index (χ2n) is 10.1. The fourth-order valence-electron chi connectivity index (χ4n) is 4.93. The van der Waals surface area contributed by atoms with E-state index in [0.29, 0.717) is 36.8 Å². The van der Waals surface area contributed by atoms with Crippen molar-refractivity contribution in [1.29, 1.82) is 0 Å². The zero-order chi connectivity index (χ0) is 29.4. The Kier molecular flexibility index (Phi) is 7.10. The second kappa shape index (κ2) is 10.9. The highest BCUT2D eigenvalue weighted by atomic mass is 19.4. The van der Waals surface area contributed by atoms with Gasteiger partial charge in [0.1, 0.15) is 30.0 Å². The smallest absolute Gasteiger partial charge is 0.453 e. The molecule has 0 fully saturated rings. The van der Waals surface area contributed by atoms with Crippen LogP contribution in [-0.4, -0.2) is 72.9 Å². The molecule has 2 aromatic carbocycles. The molecule has 0 unspecified atom stereocenters. The number of hydrogen-bond acceptors (Lipinski definition) is 8. The molecule has 4 heterocycles. The predicted molar refractivity (Wildman–Crippen MR) is 141 cm³/mol. The first-order valence-corrected chi connectivity index (χ1v) is 13.2. The van der Waals surface area contributed by atoms with Crippen LogP contribution in [0, 0.1) is 0 Å². The van der Waals surface area contributed by atoms with Gasteiger partial charge in [-0.1, -0.05) is 36.4 Å². The number of carbonyl (C=O) groups is 2. The highest BCUT2D eigenvalue weighted by Crippen LogP contribution is 2.33. The van der Waals surface area contributed by atoms with Gasteiger partial charge in [-0.2, -0.15) is 13.2 Å². The number of carbonyl (C=O) groups excluding carboxylic acids is 2. The second-order valence-corrected chi connectivity index (χ2v) is 10.1. The van der Waals surface area contributed by atoms with E-state index in [0.717, 1.165) is 11.1 Å². The zero-order valence-electron chi connectivity index (χ0n) is 22.4. The van der Waals surface area contributed by atoms with Crippen LogP contribution >= 0.6 is 0 Å². The Morgan fingerprint density at radius 2 is 1.93 bits per heavy atom. The van der Waals surface area contributed by atoms with Crippen LogP contribution in [0.1, 0.15) is 39.2 Å². The van der Waals surface area contributed by atoms with Crippen LogP contribution in [0.2, 0.25) is 0 Å². The summed E-state index contributed by atoms with van der Waals surface area (Å²) in [6.07, 6.45) is -4.13. The molecule has 2 aromatic heterocycles. The third-order valence-electron chi connectivity index (χ3n) is 7.07. The van der Waals surface area contributed by atoms with Gasteiger partial charge in [0.15, 0.2) is 0 Å². The molecule has 0 aliphatic carbocycles. The van der Waals surface area contributed by atoms with Gasteiger partial charge in [-0.3, -0.25) is 19.6 Å². The predicted octanol–water partition coefficient (Wildman–Crippen LogP) is 2.18. The van der Waals surface area contributed by atoms with Crippen LogP contribution in [0.3, 0.4) is 0 Å². The number of likely N-dealkylation sites (N-methyl/N-ethyl adjacent to an activating group) is 1. The summed E-state index contributed by atoms with van der Waals surface area (Å²) in [5.41, 5.74) is 2.35. The van der Waals surface area contributed by atoms with E-state index in [1.165, 1.54) is 9.58 Å². The number of aromatic nitrogens is 6. The molecule has 15 heteroatoms. The maximum absolute atomic E-state index is 13.3. The van der Waals surface area contributed by atoms with E-state index in [9.17, 15) is 22.8 Å². The van der Waals surface area contributed by atoms with Gasteiger partial charge >= 0.3 is 6.18 Å². The monoisotopic (exact) mass is 581 g/mol.